The zero-order chi connectivity index (χ0) is 26.4. The van der Waals surface area contributed by atoms with Crippen LogP contribution in [0.4, 0.5) is 0 Å². The van der Waals surface area contributed by atoms with Crippen LogP contribution in [0.3, 0.4) is 0 Å². The Balaban J connectivity index is 0.00000648. The zero-order valence-corrected chi connectivity index (χ0v) is 24.5. The van der Waals surface area contributed by atoms with Crippen LogP contribution in [0.1, 0.15) is 121 Å². The summed E-state index contributed by atoms with van der Waals surface area (Å²) in [4.78, 5) is 18.7. The molecule has 0 unspecified atom stereocenters. The molecule has 5 nitrogen and oxygen atoms in total. The molecule has 0 aromatic heterocycles. The fourth-order valence-corrected chi connectivity index (χ4v) is 6.03. The second kappa shape index (κ2) is 14.9. The number of rotatable bonds is 14. The van der Waals surface area contributed by atoms with Crippen molar-refractivity contribution in [1.82, 2.24) is 0 Å². The van der Waals surface area contributed by atoms with Crippen molar-refractivity contribution in [3.05, 3.63) is 22.3 Å². The fourth-order valence-electron chi connectivity index (χ4n) is 5.52. The van der Waals surface area contributed by atoms with Crippen molar-refractivity contribution in [2.24, 2.45) is 17.8 Å². The van der Waals surface area contributed by atoms with Gasteiger partial charge in [0.2, 0.25) is 0 Å². The van der Waals surface area contributed by atoms with Gasteiger partial charge in [-0.2, -0.15) is 0 Å². The van der Waals surface area contributed by atoms with Crippen LogP contribution in [-0.4, -0.2) is 44.9 Å². The van der Waals surface area contributed by atoms with Crippen LogP contribution >= 0.6 is 7.82 Å². The molecule has 0 saturated heterocycles. The normalized spacial score (nSPS) is 19.3. The van der Waals surface area contributed by atoms with Crippen molar-refractivity contribution < 1.29 is 23.6 Å². The number of phosphoric acid groups is 1. The van der Waals surface area contributed by atoms with Gasteiger partial charge in [0.25, 0.3) is 0 Å². The number of ether oxygens (including phenoxy) is 1. The molecule has 2 N–H and O–H groups in total. The van der Waals surface area contributed by atoms with Crippen LogP contribution in [0.15, 0.2) is 0 Å². The Morgan fingerprint density at radius 3 is 1.94 bits per heavy atom. The molecule has 36 heavy (non-hydrogen) atoms. The van der Waals surface area contributed by atoms with Gasteiger partial charge in [0.1, 0.15) is 17.1 Å². The molecular formula is C29H52NaO5P. The third kappa shape index (κ3) is 10.6. The molecule has 0 fully saturated rings. The molecule has 0 amide bonds. The van der Waals surface area contributed by atoms with Gasteiger partial charge in [-0.3, -0.25) is 9.79 Å². The van der Waals surface area contributed by atoms with E-state index in [0.29, 0.717) is 5.75 Å². The van der Waals surface area contributed by atoms with Crippen molar-refractivity contribution >= 4 is 37.4 Å². The SMILES string of the molecule is Cc1c(C)c2c(c(C)c1OP(=O)(O)O)CC[C@@](C)(CCC[C@H](C)CCC[C@H](C)CCCC(C)C)O2.[NaH]. The Hall–Kier alpha value is -0.0300. The van der Waals surface area contributed by atoms with Crippen LogP contribution < -0.4 is 9.26 Å². The van der Waals surface area contributed by atoms with E-state index in [1.807, 2.05) is 20.8 Å². The third-order valence-electron chi connectivity index (χ3n) is 8.05. The number of hydrogen-bond acceptors (Lipinski definition) is 3. The molecule has 0 radical (unpaired) electrons. The first-order chi connectivity index (χ1) is 16.2. The average Bonchev–Trinajstić information content (AvgIpc) is 2.74. The van der Waals surface area contributed by atoms with Gasteiger partial charge in [-0.05, 0) is 87.8 Å². The molecule has 0 spiro atoms. The second-order valence-electron chi connectivity index (χ2n) is 12.0. The monoisotopic (exact) mass is 534 g/mol. The summed E-state index contributed by atoms with van der Waals surface area (Å²) in [6.45, 7) is 17.3. The van der Waals surface area contributed by atoms with Crippen molar-refractivity contribution in [3.8, 4) is 11.5 Å². The summed E-state index contributed by atoms with van der Waals surface area (Å²) in [7, 11) is -4.61. The molecule has 0 bridgehead atoms. The maximum absolute atomic E-state index is 11.5. The van der Waals surface area contributed by atoms with Gasteiger partial charge in [0.05, 0.1) is 0 Å². The van der Waals surface area contributed by atoms with E-state index in [1.165, 1.54) is 44.9 Å². The summed E-state index contributed by atoms with van der Waals surface area (Å²) in [6, 6.07) is 0. The summed E-state index contributed by atoms with van der Waals surface area (Å²) >= 11 is 0. The molecule has 1 aromatic rings. The molecule has 0 aliphatic carbocycles. The van der Waals surface area contributed by atoms with Gasteiger partial charge >= 0.3 is 37.4 Å². The number of hydrogen-bond donors (Lipinski definition) is 2. The molecule has 2 rings (SSSR count). The quantitative estimate of drug-likeness (QED) is 0.187. The Morgan fingerprint density at radius 2 is 1.42 bits per heavy atom. The zero-order valence-electron chi connectivity index (χ0n) is 23.6. The molecule has 1 aliphatic rings. The summed E-state index contributed by atoms with van der Waals surface area (Å²) < 4.78 is 23.1. The summed E-state index contributed by atoms with van der Waals surface area (Å²) in [5, 5.41) is 0. The van der Waals surface area contributed by atoms with Crippen LogP contribution in [0.2, 0.25) is 0 Å². The van der Waals surface area contributed by atoms with Gasteiger partial charge in [-0.1, -0.05) is 72.6 Å². The Bertz CT molecular complexity index is 881. The molecule has 3 atom stereocenters. The second-order valence-corrected chi connectivity index (χ2v) is 13.2. The molecule has 1 aromatic carbocycles. The van der Waals surface area contributed by atoms with Gasteiger partial charge in [0.15, 0.2) is 0 Å². The first kappa shape index (κ1) is 34.0. The topological polar surface area (TPSA) is 76.0 Å². The van der Waals surface area contributed by atoms with E-state index in [9.17, 15) is 14.4 Å². The molecule has 1 aliphatic heterocycles. The first-order valence-electron chi connectivity index (χ1n) is 13.8. The predicted octanol–water partition coefficient (Wildman–Crippen LogP) is 7.96. The van der Waals surface area contributed by atoms with E-state index in [4.69, 9.17) is 9.26 Å². The van der Waals surface area contributed by atoms with Gasteiger partial charge < -0.3 is 9.26 Å². The van der Waals surface area contributed by atoms with Crippen LogP contribution in [0.5, 0.6) is 11.5 Å². The Kier molecular flexibility index (Phi) is 14.1. The summed E-state index contributed by atoms with van der Waals surface area (Å²) in [5.74, 6) is 3.59. The fraction of sp³-hybridized carbons (Fsp3) is 0.793. The number of fused-ring (bicyclic) bond motifs is 1. The molecule has 1 heterocycles. The standard InChI is InChI=1S/C29H51O5P.Na.H/c1-20(2)12-9-13-21(3)14-10-15-22(4)16-11-18-29(8)19-17-26-25(7)27(34-35(30,31)32)23(5)24(6)28(26)33-29;;/h20-22H,9-19H2,1-8H3,(H2,30,31,32);;/t21-,22-,29-;;/m1../s1. The first-order valence-corrected chi connectivity index (χ1v) is 15.3. The van der Waals surface area contributed by atoms with Crippen molar-refractivity contribution in [1.29, 1.82) is 0 Å². The molecule has 204 valence electrons. The van der Waals surface area contributed by atoms with E-state index >= 15 is 0 Å². The minimum absolute atomic E-state index is 0. The number of benzene rings is 1. The molecular weight excluding hydrogens is 482 g/mol. The third-order valence-corrected chi connectivity index (χ3v) is 8.47. The Morgan fingerprint density at radius 1 is 0.889 bits per heavy atom. The maximum atomic E-state index is 11.5. The van der Waals surface area contributed by atoms with Crippen LogP contribution in [0.25, 0.3) is 0 Å². The van der Waals surface area contributed by atoms with E-state index in [1.54, 1.807) is 0 Å². The van der Waals surface area contributed by atoms with Crippen molar-refractivity contribution in [2.45, 2.75) is 132 Å². The number of phosphoric ester groups is 1. The minimum atomic E-state index is -4.61. The Labute approximate surface area is 243 Å². The van der Waals surface area contributed by atoms with Crippen molar-refractivity contribution in [2.75, 3.05) is 0 Å². The van der Waals surface area contributed by atoms with Crippen LogP contribution in [0, 0.1) is 38.5 Å². The molecule has 0 saturated carbocycles. The van der Waals surface area contributed by atoms with E-state index in [2.05, 4.69) is 34.6 Å². The van der Waals surface area contributed by atoms with E-state index in [0.717, 1.165) is 71.4 Å². The van der Waals surface area contributed by atoms with Crippen molar-refractivity contribution in [3.63, 3.8) is 0 Å². The van der Waals surface area contributed by atoms with Gasteiger partial charge in [-0.25, -0.2) is 4.57 Å². The summed E-state index contributed by atoms with van der Waals surface area (Å²) in [5.41, 5.74) is 3.24. The van der Waals surface area contributed by atoms with E-state index in [-0.39, 0.29) is 35.2 Å². The van der Waals surface area contributed by atoms with Crippen LogP contribution in [-0.2, 0) is 11.0 Å². The molecule has 7 heteroatoms. The van der Waals surface area contributed by atoms with Gasteiger partial charge in [0, 0.05) is 5.56 Å². The average molecular weight is 535 g/mol. The van der Waals surface area contributed by atoms with Gasteiger partial charge in [-0.15, -0.1) is 0 Å². The predicted molar refractivity (Wildman–Crippen MR) is 153 cm³/mol. The summed E-state index contributed by atoms with van der Waals surface area (Å²) in [6.07, 6.45) is 13.3. The van der Waals surface area contributed by atoms with E-state index < -0.39 is 7.82 Å².